The number of aryl methyl sites for hydroxylation is 2. The third-order valence-electron chi connectivity index (χ3n) is 4.96. The van der Waals surface area contributed by atoms with Crippen LogP contribution < -0.4 is 10.1 Å². The third-order valence-corrected chi connectivity index (χ3v) is 4.96. The van der Waals surface area contributed by atoms with Gasteiger partial charge >= 0.3 is 5.97 Å². The monoisotopic (exact) mass is 483 g/mol. The van der Waals surface area contributed by atoms with E-state index >= 15 is 0 Å². The van der Waals surface area contributed by atoms with E-state index < -0.39 is 64.7 Å². The van der Waals surface area contributed by atoms with Gasteiger partial charge in [-0.25, -0.2) is 31.4 Å². The molecule has 0 spiro atoms. The maximum Gasteiger partial charge on any atom is 0.335 e. The summed E-state index contributed by atoms with van der Waals surface area (Å²) >= 11 is 0. The Morgan fingerprint density at radius 1 is 1.12 bits per heavy atom. The molecule has 180 valence electrons. The number of carboxylic acid groups (broad SMARTS) is 1. The predicted molar refractivity (Wildman–Crippen MR) is 109 cm³/mol. The van der Waals surface area contributed by atoms with Crippen LogP contribution >= 0.6 is 0 Å². The summed E-state index contributed by atoms with van der Waals surface area (Å²) in [5, 5.41) is 15.2. The highest BCUT2D eigenvalue weighted by Crippen LogP contribution is 2.34. The molecular weight excluding hydrogens is 465 g/mol. The van der Waals surface area contributed by atoms with E-state index in [1.54, 1.807) is 6.92 Å². The van der Waals surface area contributed by atoms with Crippen LogP contribution in [0.4, 0.5) is 22.0 Å². The Kier molecular flexibility index (Phi) is 6.89. The number of aromatic nitrogens is 2. The summed E-state index contributed by atoms with van der Waals surface area (Å²) in [4.78, 5) is 24.1. The molecule has 1 unspecified atom stereocenters. The highest BCUT2D eigenvalue weighted by atomic mass is 19.3. The van der Waals surface area contributed by atoms with Crippen LogP contribution in [-0.2, 0) is 7.05 Å². The van der Waals surface area contributed by atoms with Gasteiger partial charge in [-0.3, -0.25) is 4.79 Å². The predicted octanol–water partition coefficient (Wildman–Crippen LogP) is 5.06. The van der Waals surface area contributed by atoms with Crippen LogP contribution in [0.25, 0.3) is 0 Å². The van der Waals surface area contributed by atoms with Gasteiger partial charge in [0.05, 0.1) is 11.6 Å². The van der Waals surface area contributed by atoms with Crippen molar-refractivity contribution in [2.24, 2.45) is 7.05 Å². The highest BCUT2D eigenvalue weighted by Gasteiger charge is 2.31. The molecule has 0 aliphatic rings. The minimum absolute atomic E-state index is 0.0592. The van der Waals surface area contributed by atoms with Crippen molar-refractivity contribution in [2.75, 3.05) is 0 Å². The number of alkyl halides is 2. The van der Waals surface area contributed by atoms with Crippen LogP contribution in [-0.4, -0.2) is 26.8 Å². The lowest BCUT2D eigenvalue weighted by molar-refractivity contribution is 0.0695. The molecular formula is C22H18F5N3O4. The lowest BCUT2D eigenvalue weighted by Gasteiger charge is -2.16. The van der Waals surface area contributed by atoms with Gasteiger partial charge in [0, 0.05) is 19.2 Å². The summed E-state index contributed by atoms with van der Waals surface area (Å²) < 4.78 is 73.6. The Morgan fingerprint density at radius 2 is 1.74 bits per heavy atom. The zero-order valence-corrected chi connectivity index (χ0v) is 18.0. The molecule has 2 N–H and O–H groups in total. The molecule has 0 aliphatic heterocycles. The Hall–Kier alpha value is -3.96. The molecule has 1 heterocycles. The number of aromatic carboxylic acids is 1. The van der Waals surface area contributed by atoms with Gasteiger partial charge < -0.3 is 15.2 Å². The number of carboxylic acids is 1. The molecule has 12 heteroatoms. The van der Waals surface area contributed by atoms with Gasteiger partial charge in [0.15, 0.2) is 17.5 Å². The van der Waals surface area contributed by atoms with Crippen LogP contribution in [0.3, 0.4) is 0 Å². The fourth-order valence-electron chi connectivity index (χ4n) is 3.26. The third kappa shape index (κ3) is 4.85. The van der Waals surface area contributed by atoms with Crippen LogP contribution in [0.15, 0.2) is 30.3 Å². The molecule has 2 aromatic carbocycles. The first-order valence-electron chi connectivity index (χ1n) is 9.72. The van der Waals surface area contributed by atoms with E-state index in [-0.39, 0.29) is 5.56 Å². The van der Waals surface area contributed by atoms with Gasteiger partial charge in [0.1, 0.15) is 17.0 Å². The molecule has 0 aliphatic carbocycles. The van der Waals surface area contributed by atoms with Crippen LogP contribution in [0.5, 0.6) is 11.6 Å². The van der Waals surface area contributed by atoms with Gasteiger partial charge in [-0.2, -0.15) is 5.10 Å². The number of amides is 1. The minimum Gasteiger partial charge on any atom is -0.478 e. The summed E-state index contributed by atoms with van der Waals surface area (Å²) in [6.45, 7) is 3.10. The lowest BCUT2D eigenvalue weighted by Crippen LogP contribution is -2.28. The summed E-state index contributed by atoms with van der Waals surface area (Å²) in [5.74, 6) is -8.20. The number of nitrogens with zero attached hydrogens (tertiary/aromatic N) is 2. The normalized spacial score (nSPS) is 12.0. The van der Waals surface area contributed by atoms with Crippen LogP contribution in [0.1, 0.15) is 56.9 Å². The van der Waals surface area contributed by atoms with Crippen molar-refractivity contribution >= 4 is 11.9 Å². The molecule has 1 atom stereocenters. The van der Waals surface area contributed by atoms with E-state index in [1.807, 2.05) is 0 Å². The number of rotatable bonds is 7. The molecule has 0 saturated heterocycles. The van der Waals surface area contributed by atoms with Gasteiger partial charge in [-0.15, -0.1) is 0 Å². The number of benzene rings is 2. The van der Waals surface area contributed by atoms with Gasteiger partial charge in [-0.1, -0.05) is 12.1 Å². The molecule has 0 fully saturated rings. The van der Waals surface area contributed by atoms with E-state index in [9.17, 15) is 31.5 Å². The standard InChI is InChI=1S/C22H18F5N3O4/c1-9-6-11(4-5-13(9)22(32)33)10(2)28-20(31)16-18(19(26)27)29-30(3)21(16)34-12-7-14(23)17(25)15(24)8-12/h4-8,10,19H,1-3H3,(H,28,31)(H,32,33). The second-order valence-corrected chi connectivity index (χ2v) is 7.37. The molecule has 3 aromatic rings. The Bertz CT molecular complexity index is 1250. The second-order valence-electron chi connectivity index (χ2n) is 7.37. The largest absolute Gasteiger partial charge is 0.478 e. The molecule has 0 radical (unpaired) electrons. The molecule has 3 rings (SSSR count). The van der Waals surface area contributed by atoms with Crippen molar-refractivity contribution in [3.8, 4) is 11.6 Å². The molecule has 34 heavy (non-hydrogen) atoms. The highest BCUT2D eigenvalue weighted by molar-refractivity contribution is 5.98. The van der Waals surface area contributed by atoms with Crippen molar-refractivity contribution in [1.29, 1.82) is 0 Å². The first-order chi connectivity index (χ1) is 15.9. The number of hydrogen-bond acceptors (Lipinski definition) is 4. The van der Waals surface area contributed by atoms with Crippen molar-refractivity contribution in [2.45, 2.75) is 26.3 Å². The Labute approximate surface area is 189 Å². The van der Waals surface area contributed by atoms with E-state index in [1.165, 1.54) is 32.2 Å². The van der Waals surface area contributed by atoms with Crippen molar-refractivity contribution in [3.63, 3.8) is 0 Å². The average molecular weight is 483 g/mol. The topological polar surface area (TPSA) is 93.5 Å². The Balaban J connectivity index is 1.96. The van der Waals surface area contributed by atoms with Crippen LogP contribution in [0.2, 0.25) is 0 Å². The molecule has 0 bridgehead atoms. The number of carbonyl (C=O) groups is 2. The summed E-state index contributed by atoms with van der Waals surface area (Å²) in [7, 11) is 1.17. The molecule has 7 nitrogen and oxygen atoms in total. The first kappa shape index (κ1) is 24.7. The summed E-state index contributed by atoms with van der Waals surface area (Å²) in [6, 6.07) is 4.55. The molecule has 0 saturated carbocycles. The fraction of sp³-hybridized carbons (Fsp3) is 0.227. The van der Waals surface area contributed by atoms with Crippen molar-refractivity contribution in [3.05, 3.63) is 75.7 Å². The number of halogens is 5. The van der Waals surface area contributed by atoms with Crippen LogP contribution in [0, 0.1) is 24.4 Å². The first-order valence-corrected chi connectivity index (χ1v) is 9.72. The van der Waals surface area contributed by atoms with E-state index in [4.69, 9.17) is 9.84 Å². The quantitative estimate of drug-likeness (QED) is 0.362. The summed E-state index contributed by atoms with van der Waals surface area (Å²) in [5.41, 5.74) is -0.659. The number of nitrogens with one attached hydrogen (secondary N) is 1. The number of hydrogen-bond donors (Lipinski definition) is 2. The maximum atomic E-state index is 13.6. The van der Waals surface area contributed by atoms with E-state index in [0.29, 0.717) is 23.3 Å². The Morgan fingerprint density at radius 3 is 2.26 bits per heavy atom. The van der Waals surface area contributed by atoms with Gasteiger partial charge in [0.25, 0.3) is 12.3 Å². The van der Waals surface area contributed by atoms with E-state index in [0.717, 1.165) is 4.68 Å². The van der Waals surface area contributed by atoms with Gasteiger partial charge in [0.2, 0.25) is 5.88 Å². The fourth-order valence-corrected chi connectivity index (χ4v) is 3.26. The smallest absolute Gasteiger partial charge is 0.335 e. The van der Waals surface area contributed by atoms with Gasteiger partial charge in [-0.05, 0) is 31.0 Å². The molecule has 1 amide bonds. The number of ether oxygens (including phenoxy) is 1. The second kappa shape index (κ2) is 9.49. The zero-order chi connectivity index (χ0) is 25.3. The minimum atomic E-state index is -3.20. The van der Waals surface area contributed by atoms with E-state index in [2.05, 4.69) is 10.4 Å². The SMILES string of the molecule is Cc1cc(C(C)NC(=O)c2c(C(F)F)nn(C)c2Oc2cc(F)c(F)c(F)c2)ccc1C(=O)O. The maximum absolute atomic E-state index is 13.6. The zero-order valence-electron chi connectivity index (χ0n) is 18.0. The molecule has 1 aromatic heterocycles. The summed E-state index contributed by atoms with van der Waals surface area (Å²) in [6.07, 6.45) is -3.20. The van der Waals surface area contributed by atoms with Crippen molar-refractivity contribution in [1.82, 2.24) is 15.1 Å². The average Bonchev–Trinajstić information content (AvgIpc) is 3.08. The number of carbonyl (C=O) groups excluding carboxylic acids is 1. The van der Waals surface area contributed by atoms with Crippen molar-refractivity contribution < 1.29 is 41.4 Å². The lowest BCUT2D eigenvalue weighted by atomic mass is 10.0.